The molecule has 7 nitrogen and oxygen atoms in total. The fourth-order valence-corrected chi connectivity index (χ4v) is 4.26. The molecule has 2 rings (SSSR count). The van der Waals surface area contributed by atoms with Gasteiger partial charge in [0.1, 0.15) is 11.4 Å². The van der Waals surface area contributed by atoms with E-state index in [2.05, 4.69) is 9.71 Å². The number of aromatic carboxylic acids is 1. The quantitative estimate of drug-likeness (QED) is 0.694. The lowest BCUT2D eigenvalue weighted by molar-refractivity contribution is 0.0697. The highest BCUT2D eigenvalue weighted by atomic mass is 32.2. The van der Waals surface area contributed by atoms with Gasteiger partial charge in [0.2, 0.25) is 0 Å². The Morgan fingerprint density at radius 1 is 1.14 bits per heavy atom. The first-order valence-electron chi connectivity index (χ1n) is 9.12. The number of anilines is 2. The second kappa shape index (κ2) is 8.60. The third kappa shape index (κ3) is 4.81. The molecule has 2 aromatic rings. The smallest absolute Gasteiger partial charge is 0.339 e. The second-order valence-corrected chi connectivity index (χ2v) is 8.63. The Morgan fingerprint density at radius 3 is 2.39 bits per heavy atom. The molecule has 0 aliphatic heterocycles. The molecular formula is C20H27N3O4S. The number of hydrogen-bond donors (Lipinski definition) is 2. The van der Waals surface area contributed by atoms with Gasteiger partial charge in [-0.25, -0.2) is 18.2 Å². The standard InChI is InChI=1S/C20H27N3O4S/c1-6-7-8-23(5)19-17(20(24)25)11-16(12-21-19)22-28(26,27)18-10-14(3)13(2)9-15(18)4/h9-12,22H,6-8H2,1-5H3,(H,24,25). The van der Waals surface area contributed by atoms with Crippen LogP contribution in [0.5, 0.6) is 0 Å². The van der Waals surface area contributed by atoms with E-state index in [0.29, 0.717) is 17.9 Å². The van der Waals surface area contributed by atoms with Crippen LogP contribution >= 0.6 is 0 Å². The number of hydrogen-bond acceptors (Lipinski definition) is 5. The van der Waals surface area contributed by atoms with Gasteiger partial charge in [0.15, 0.2) is 0 Å². The van der Waals surface area contributed by atoms with Gasteiger partial charge in [-0.2, -0.15) is 0 Å². The first-order valence-corrected chi connectivity index (χ1v) is 10.6. The van der Waals surface area contributed by atoms with E-state index in [4.69, 9.17) is 0 Å². The SMILES string of the molecule is CCCCN(C)c1ncc(NS(=O)(=O)c2cc(C)c(C)cc2C)cc1C(=O)O. The van der Waals surface area contributed by atoms with Crippen LogP contribution in [0.4, 0.5) is 11.5 Å². The van der Waals surface area contributed by atoms with Crippen molar-refractivity contribution in [1.82, 2.24) is 4.98 Å². The van der Waals surface area contributed by atoms with E-state index < -0.39 is 16.0 Å². The van der Waals surface area contributed by atoms with Gasteiger partial charge < -0.3 is 10.0 Å². The number of rotatable bonds is 8. The van der Waals surface area contributed by atoms with Crippen molar-refractivity contribution in [1.29, 1.82) is 0 Å². The molecule has 0 bridgehead atoms. The van der Waals surface area contributed by atoms with E-state index in [-0.39, 0.29) is 16.1 Å². The summed E-state index contributed by atoms with van der Waals surface area (Å²) in [6.07, 6.45) is 3.22. The molecule has 28 heavy (non-hydrogen) atoms. The summed E-state index contributed by atoms with van der Waals surface area (Å²) in [7, 11) is -2.10. The lowest BCUT2D eigenvalue weighted by atomic mass is 10.1. The first-order chi connectivity index (χ1) is 13.1. The molecule has 0 radical (unpaired) electrons. The summed E-state index contributed by atoms with van der Waals surface area (Å²) in [6, 6.07) is 4.74. The van der Waals surface area contributed by atoms with Crippen LogP contribution in [0.1, 0.15) is 46.8 Å². The summed E-state index contributed by atoms with van der Waals surface area (Å²) in [4.78, 5) is 17.8. The van der Waals surface area contributed by atoms with Crippen LogP contribution in [0.25, 0.3) is 0 Å². The Hall–Kier alpha value is -2.61. The Morgan fingerprint density at radius 2 is 1.79 bits per heavy atom. The molecule has 0 saturated carbocycles. The molecule has 1 aromatic heterocycles. The Bertz CT molecular complexity index is 987. The third-order valence-electron chi connectivity index (χ3n) is 4.64. The van der Waals surface area contributed by atoms with Crippen molar-refractivity contribution in [3.8, 4) is 0 Å². The Labute approximate surface area is 166 Å². The Balaban J connectivity index is 2.40. The number of carboxylic acid groups (broad SMARTS) is 1. The molecule has 152 valence electrons. The van der Waals surface area contributed by atoms with E-state index in [0.717, 1.165) is 24.0 Å². The molecule has 0 aliphatic rings. The van der Waals surface area contributed by atoms with E-state index in [1.54, 1.807) is 24.9 Å². The molecule has 0 aliphatic carbocycles. The van der Waals surface area contributed by atoms with E-state index in [1.165, 1.54) is 12.3 Å². The van der Waals surface area contributed by atoms with E-state index >= 15 is 0 Å². The van der Waals surface area contributed by atoms with Crippen LogP contribution in [0.15, 0.2) is 29.3 Å². The molecule has 0 spiro atoms. The van der Waals surface area contributed by atoms with Crippen molar-refractivity contribution in [3.05, 3.63) is 46.6 Å². The average molecular weight is 406 g/mol. The lowest BCUT2D eigenvalue weighted by Gasteiger charge is -2.20. The Kier molecular flexibility index (Phi) is 6.66. The summed E-state index contributed by atoms with van der Waals surface area (Å²) in [5, 5.41) is 9.55. The minimum absolute atomic E-state index is 0.0457. The molecule has 0 atom stereocenters. The first kappa shape index (κ1) is 21.7. The largest absolute Gasteiger partial charge is 0.478 e. The number of carboxylic acids is 1. The highest BCUT2D eigenvalue weighted by molar-refractivity contribution is 7.92. The van der Waals surface area contributed by atoms with Crippen molar-refractivity contribution in [2.24, 2.45) is 0 Å². The number of sulfonamides is 1. The summed E-state index contributed by atoms with van der Waals surface area (Å²) < 4.78 is 28.1. The lowest BCUT2D eigenvalue weighted by Crippen LogP contribution is -2.23. The molecular weight excluding hydrogens is 378 g/mol. The van der Waals surface area contributed by atoms with E-state index in [9.17, 15) is 18.3 Å². The van der Waals surface area contributed by atoms with Gasteiger partial charge in [-0.3, -0.25) is 4.72 Å². The summed E-state index contributed by atoms with van der Waals surface area (Å²) in [5.41, 5.74) is 2.56. The van der Waals surface area contributed by atoms with Gasteiger partial charge in [0.05, 0.1) is 16.8 Å². The molecule has 0 amide bonds. The normalized spacial score (nSPS) is 11.3. The highest BCUT2D eigenvalue weighted by Crippen LogP contribution is 2.25. The number of aryl methyl sites for hydroxylation is 3. The van der Waals surface area contributed by atoms with Crippen LogP contribution in [0.3, 0.4) is 0 Å². The van der Waals surface area contributed by atoms with Crippen LogP contribution < -0.4 is 9.62 Å². The second-order valence-electron chi connectivity index (χ2n) is 6.98. The molecule has 0 fully saturated rings. The van der Waals surface area contributed by atoms with Gasteiger partial charge >= 0.3 is 5.97 Å². The molecule has 1 heterocycles. The average Bonchev–Trinajstić information content (AvgIpc) is 2.62. The zero-order valence-electron chi connectivity index (χ0n) is 16.9. The number of nitrogens with one attached hydrogen (secondary N) is 1. The molecule has 0 saturated heterocycles. The number of benzene rings is 1. The minimum Gasteiger partial charge on any atom is -0.478 e. The van der Waals surface area contributed by atoms with Crippen molar-refractivity contribution >= 4 is 27.5 Å². The van der Waals surface area contributed by atoms with Crippen molar-refractivity contribution in [2.75, 3.05) is 23.2 Å². The van der Waals surface area contributed by atoms with Crippen LogP contribution in [-0.4, -0.2) is 38.1 Å². The third-order valence-corrected chi connectivity index (χ3v) is 6.16. The minimum atomic E-state index is -3.87. The predicted octanol–water partition coefficient (Wildman–Crippen LogP) is 3.74. The van der Waals surface area contributed by atoms with Gasteiger partial charge in [-0.1, -0.05) is 19.4 Å². The predicted molar refractivity (Wildman–Crippen MR) is 111 cm³/mol. The summed E-state index contributed by atoms with van der Waals surface area (Å²) in [6.45, 7) is 8.21. The van der Waals surface area contributed by atoms with Crippen LogP contribution in [-0.2, 0) is 10.0 Å². The fourth-order valence-electron chi connectivity index (χ4n) is 2.91. The maximum Gasteiger partial charge on any atom is 0.339 e. The summed E-state index contributed by atoms with van der Waals surface area (Å²) in [5.74, 6) is -0.847. The zero-order chi connectivity index (χ0) is 21.1. The van der Waals surface area contributed by atoms with Gasteiger partial charge in [-0.05, 0) is 56.0 Å². The number of aromatic nitrogens is 1. The van der Waals surface area contributed by atoms with Crippen molar-refractivity contribution in [2.45, 2.75) is 45.4 Å². The van der Waals surface area contributed by atoms with Crippen molar-refractivity contribution in [3.63, 3.8) is 0 Å². The maximum absolute atomic E-state index is 12.8. The number of nitrogens with zero attached hydrogens (tertiary/aromatic N) is 2. The zero-order valence-corrected chi connectivity index (χ0v) is 17.7. The van der Waals surface area contributed by atoms with Gasteiger partial charge in [-0.15, -0.1) is 0 Å². The maximum atomic E-state index is 12.8. The number of pyridine rings is 1. The fraction of sp³-hybridized carbons (Fsp3) is 0.400. The molecule has 8 heteroatoms. The molecule has 0 unspecified atom stereocenters. The van der Waals surface area contributed by atoms with Crippen LogP contribution in [0.2, 0.25) is 0 Å². The van der Waals surface area contributed by atoms with Gasteiger partial charge in [0.25, 0.3) is 10.0 Å². The monoisotopic (exact) mass is 405 g/mol. The molecule has 1 aromatic carbocycles. The van der Waals surface area contributed by atoms with E-state index in [1.807, 2.05) is 26.8 Å². The highest BCUT2D eigenvalue weighted by Gasteiger charge is 2.21. The van der Waals surface area contributed by atoms with Gasteiger partial charge in [0, 0.05) is 13.6 Å². The molecule has 2 N–H and O–H groups in total. The van der Waals surface area contributed by atoms with Crippen LogP contribution in [0, 0.1) is 20.8 Å². The number of unbranched alkanes of at least 4 members (excludes halogenated alkanes) is 1. The van der Waals surface area contributed by atoms with Crippen molar-refractivity contribution < 1.29 is 18.3 Å². The number of carbonyl (C=O) groups is 1. The summed E-state index contributed by atoms with van der Waals surface area (Å²) >= 11 is 0. The topological polar surface area (TPSA) is 99.6 Å².